The highest BCUT2D eigenvalue weighted by Gasteiger charge is 2.21. The van der Waals surface area contributed by atoms with Crippen molar-refractivity contribution in [2.45, 2.75) is 25.4 Å². The predicted octanol–water partition coefficient (Wildman–Crippen LogP) is -1.38. The molecule has 15 heavy (non-hydrogen) atoms. The predicted molar refractivity (Wildman–Crippen MR) is 51.6 cm³/mol. The molecule has 2 rings (SSSR count). The van der Waals surface area contributed by atoms with Crippen molar-refractivity contribution in [3.8, 4) is 0 Å². The average molecular weight is 210 g/mol. The van der Waals surface area contributed by atoms with Gasteiger partial charge < -0.3 is 10.6 Å². The van der Waals surface area contributed by atoms with Gasteiger partial charge in [0.15, 0.2) is 0 Å². The second-order valence-electron chi connectivity index (χ2n) is 3.75. The number of amides is 1. The van der Waals surface area contributed by atoms with Crippen molar-refractivity contribution in [1.82, 2.24) is 25.1 Å². The molecule has 0 radical (unpaired) electrons. The fourth-order valence-corrected chi connectivity index (χ4v) is 1.73. The van der Waals surface area contributed by atoms with Crippen LogP contribution in [0.4, 0.5) is 0 Å². The molecular weight excluding hydrogens is 196 g/mol. The maximum absolute atomic E-state index is 11.8. The zero-order valence-electron chi connectivity index (χ0n) is 8.41. The Hall–Kier alpha value is -1.50. The molecule has 0 spiro atoms. The molecule has 0 aromatic carbocycles. The van der Waals surface area contributed by atoms with Crippen molar-refractivity contribution >= 4 is 5.91 Å². The van der Waals surface area contributed by atoms with Gasteiger partial charge in [0.2, 0.25) is 5.91 Å². The van der Waals surface area contributed by atoms with E-state index in [4.69, 9.17) is 5.73 Å². The van der Waals surface area contributed by atoms with Gasteiger partial charge in [0.1, 0.15) is 12.9 Å². The normalized spacial score (nSPS) is 21.7. The molecule has 7 heteroatoms. The van der Waals surface area contributed by atoms with E-state index in [9.17, 15) is 4.79 Å². The summed E-state index contributed by atoms with van der Waals surface area (Å²) in [4.78, 5) is 13.5. The van der Waals surface area contributed by atoms with Crippen LogP contribution in [0.1, 0.15) is 12.8 Å². The fourth-order valence-electron chi connectivity index (χ4n) is 1.73. The number of aromatic nitrogens is 4. The summed E-state index contributed by atoms with van der Waals surface area (Å²) in [6, 6.07) is 0.108. The molecule has 0 bridgehead atoms. The number of nitrogens with two attached hydrogens (primary N) is 1. The molecule has 0 aliphatic carbocycles. The minimum absolute atomic E-state index is 0.0254. The average Bonchev–Trinajstić information content (AvgIpc) is 2.70. The van der Waals surface area contributed by atoms with Gasteiger partial charge in [-0.2, -0.15) is 0 Å². The smallest absolute Gasteiger partial charge is 0.244 e. The van der Waals surface area contributed by atoms with Gasteiger partial charge in [-0.15, -0.1) is 5.10 Å². The molecule has 2 heterocycles. The van der Waals surface area contributed by atoms with E-state index in [1.54, 1.807) is 4.90 Å². The molecule has 2 N–H and O–H groups in total. The third-order valence-electron chi connectivity index (χ3n) is 2.50. The number of rotatable bonds is 2. The molecule has 1 aliphatic rings. The van der Waals surface area contributed by atoms with Crippen LogP contribution < -0.4 is 5.73 Å². The summed E-state index contributed by atoms with van der Waals surface area (Å²) >= 11 is 0. The van der Waals surface area contributed by atoms with Crippen molar-refractivity contribution in [3.63, 3.8) is 0 Å². The molecule has 7 nitrogen and oxygen atoms in total. The molecule has 82 valence electrons. The lowest BCUT2D eigenvalue weighted by molar-refractivity contribution is -0.133. The third kappa shape index (κ3) is 2.50. The monoisotopic (exact) mass is 210 g/mol. The second-order valence-corrected chi connectivity index (χ2v) is 3.75. The first kappa shape index (κ1) is 10.0. The van der Waals surface area contributed by atoms with Gasteiger partial charge in [0, 0.05) is 19.1 Å². The summed E-state index contributed by atoms with van der Waals surface area (Å²) in [5, 5.41) is 10.6. The van der Waals surface area contributed by atoms with Gasteiger partial charge in [-0.25, -0.2) is 4.68 Å². The Balaban J connectivity index is 1.90. The van der Waals surface area contributed by atoms with E-state index in [-0.39, 0.29) is 18.5 Å². The van der Waals surface area contributed by atoms with Gasteiger partial charge in [0.05, 0.1) is 0 Å². The molecule has 0 unspecified atom stereocenters. The van der Waals surface area contributed by atoms with Crippen LogP contribution in [0.2, 0.25) is 0 Å². The van der Waals surface area contributed by atoms with E-state index < -0.39 is 0 Å². The number of nitrogens with zero attached hydrogens (tertiary/aromatic N) is 5. The van der Waals surface area contributed by atoms with E-state index >= 15 is 0 Å². The zero-order chi connectivity index (χ0) is 10.7. The molecule has 0 saturated carbocycles. The van der Waals surface area contributed by atoms with Crippen LogP contribution in [0.3, 0.4) is 0 Å². The highest BCUT2D eigenvalue weighted by atomic mass is 16.2. The minimum atomic E-state index is 0.0254. The third-order valence-corrected chi connectivity index (χ3v) is 2.50. The molecule has 1 aliphatic heterocycles. The van der Waals surface area contributed by atoms with Crippen LogP contribution in [0.15, 0.2) is 6.33 Å². The number of carbonyl (C=O) groups excluding carboxylic acids is 1. The van der Waals surface area contributed by atoms with Crippen molar-refractivity contribution < 1.29 is 4.79 Å². The standard InChI is InChI=1S/C8H14N6O/c9-7-2-1-3-13(4-7)8(15)5-14-6-10-11-12-14/h6-7H,1-5,9H2/t7-/m1/s1. The first-order valence-electron chi connectivity index (χ1n) is 5.00. The van der Waals surface area contributed by atoms with E-state index in [2.05, 4.69) is 15.5 Å². The topological polar surface area (TPSA) is 89.9 Å². The van der Waals surface area contributed by atoms with Crippen LogP contribution in [0, 0.1) is 0 Å². The zero-order valence-corrected chi connectivity index (χ0v) is 8.41. The number of piperidine rings is 1. The van der Waals surface area contributed by atoms with Crippen LogP contribution >= 0.6 is 0 Å². The number of carbonyl (C=O) groups is 1. The number of hydrogen-bond donors (Lipinski definition) is 1. The summed E-state index contributed by atoms with van der Waals surface area (Å²) in [6.07, 6.45) is 3.40. The van der Waals surface area contributed by atoms with Gasteiger partial charge in [-0.1, -0.05) is 0 Å². The molecule has 1 fully saturated rings. The molecule has 1 aromatic rings. The van der Waals surface area contributed by atoms with Gasteiger partial charge in [0.25, 0.3) is 0 Å². The second kappa shape index (κ2) is 4.35. The fraction of sp³-hybridized carbons (Fsp3) is 0.750. The maximum Gasteiger partial charge on any atom is 0.244 e. The number of hydrogen-bond acceptors (Lipinski definition) is 5. The van der Waals surface area contributed by atoms with Gasteiger partial charge >= 0.3 is 0 Å². The summed E-state index contributed by atoms with van der Waals surface area (Å²) in [5.74, 6) is 0.0254. The Labute approximate surface area is 87.2 Å². The van der Waals surface area contributed by atoms with E-state index in [1.165, 1.54) is 11.0 Å². The highest BCUT2D eigenvalue weighted by Crippen LogP contribution is 2.08. The largest absolute Gasteiger partial charge is 0.340 e. The van der Waals surface area contributed by atoms with E-state index in [1.807, 2.05) is 0 Å². The van der Waals surface area contributed by atoms with Crippen LogP contribution in [-0.4, -0.2) is 50.1 Å². The first-order valence-corrected chi connectivity index (χ1v) is 5.00. The Kier molecular flexibility index (Phi) is 2.91. The Morgan fingerprint density at radius 3 is 3.13 bits per heavy atom. The van der Waals surface area contributed by atoms with E-state index in [0.717, 1.165) is 19.4 Å². The SMILES string of the molecule is N[C@@H]1CCCN(C(=O)Cn2cnnn2)C1. The van der Waals surface area contributed by atoms with Crippen molar-refractivity contribution in [3.05, 3.63) is 6.33 Å². The molecular formula is C8H14N6O. The summed E-state index contributed by atoms with van der Waals surface area (Å²) in [7, 11) is 0. The lowest BCUT2D eigenvalue weighted by atomic mass is 10.1. The summed E-state index contributed by atoms with van der Waals surface area (Å²) in [5.41, 5.74) is 5.80. The quantitative estimate of drug-likeness (QED) is 0.650. The maximum atomic E-state index is 11.8. The van der Waals surface area contributed by atoms with Crippen LogP contribution in [-0.2, 0) is 11.3 Å². The number of likely N-dealkylation sites (tertiary alicyclic amines) is 1. The lowest BCUT2D eigenvalue weighted by Gasteiger charge is -2.30. The Morgan fingerprint density at radius 1 is 1.60 bits per heavy atom. The van der Waals surface area contributed by atoms with Gasteiger partial charge in [-0.05, 0) is 23.3 Å². The number of tetrazole rings is 1. The van der Waals surface area contributed by atoms with Crippen LogP contribution in [0.25, 0.3) is 0 Å². The summed E-state index contributed by atoms with van der Waals surface area (Å²) < 4.78 is 1.42. The Bertz CT molecular complexity index is 324. The molecule has 1 atom stereocenters. The van der Waals surface area contributed by atoms with Crippen molar-refractivity contribution in [1.29, 1.82) is 0 Å². The first-order chi connectivity index (χ1) is 7.25. The van der Waals surface area contributed by atoms with E-state index in [0.29, 0.717) is 6.54 Å². The molecule has 1 saturated heterocycles. The lowest BCUT2D eigenvalue weighted by Crippen LogP contribution is -2.46. The molecule has 1 amide bonds. The molecule has 1 aromatic heterocycles. The highest BCUT2D eigenvalue weighted by molar-refractivity contribution is 5.76. The van der Waals surface area contributed by atoms with Crippen molar-refractivity contribution in [2.24, 2.45) is 5.73 Å². The van der Waals surface area contributed by atoms with Gasteiger partial charge in [-0.3, -0.25) is 4.79 Å². The Morgan fingerprint density at radius 2 is 2.47 bits per heavy atom. The summed E-state index contributed by atoms with van der Waals surface area (Å²) in [6.45, 7) is 1.62. The van der Waals surface area contributed by atoms with Crippen molar-refractivity contribution in [2.75, 3.05) is 13.1 Å². The minimum Gasteiger partial charge on any atom is -0.340 e. The van der Waals surface area contributed by atoms with Crippen LogP contribution in [0.5, 0.6) is 0 Å².